The number of aliphatic hydroxyl groups is 1. The molecule has 0 saturated carbocycles. The van der Waals surface area contributed by atoms with Crippen LogP contribution in [0.4, 0.5) is 0 Å². The summed E-state index contributed by atoms with van der Waals surface area (Å²) < 4.78 is 68.8. The summed E-state index contributed by atoms with van der Waals surface area (Å²) in [4.78, 5) is 73.1. The highest BCUT2D eigenvalue weighted by molar-refractivity contribution is 7.47. The second kappa shape index (κ2) is 72.9. The molecule has 0 aliphatic rings. The Balaban J connectivity index is 5.21. The minimum Gasteiger partial charge on any atom is -0.462 e. The number of ether oxygens (including phenoxy) is 4. The smallest absolute Gasteiger partial charge is 0.462 e. The highest BCUT2D eigenvalue weighted by Crippen LogP contribution is 2.45. The Morgan fingerprint density at radius 1 is 0.272 bits per heavy atom. The normalized spacial score (nSPS) is 14.5. The minimum atomic E-state index is -4.96. The van der Waals surface area contributed by atoms with Gasteiger partial charge in [-0.1, -0.05) is 383 Å². The van der Waals surface area contributed by atoms with Gasteiger partial charge in [-0.3, -0.25) is 37.3 Å². The van der Waals surface area contributed by atoms with Gasteiger partial charge in [-0.25, -0.2) is 9.13 Å². The fourth-order valence-corrected chi connectivity index (χ4v) is 14.5. The number of unbranched alkanes of at least 4 members (excludes halogenated alkanes) is 45. The van der Waals surface area contributed by atoms with Crippen LogP contribution in [0.25, 0.3) is 0 Å². The third-order valence-corrected chi connectivity index (χ3v) is 22.2. The van der Waals surface area contributed by atoms with Gasteiger partial charge in [0.1, 0.15) is 19.3 Å². The lowest BCUT2D eigenvalue weighted by Crippen LogP contribution is -2.30. The summed E-state index contributed by atoms with van der Waals surface area (Å²) in [5.74, 6) is 1.05. The molecule has 0 heterocycles. The maximum atomic E-state index is 13.1. The van der Waals surface area contributed by atoms with Gasteiger partial charge in [0, 0.05) is 25.7 Å². The van der Waals surface area contributed by atoms with Crippen LogP contribution in [0.5, 0.6) is 0 Å². The number of rotatable bonds is 81. The predicted molar refractivity (Wildman–Crippen MR) is 423 cm³/mol. The van der Waals surface area contributed by atoms with Crippen LogP contribution in [0, 0.1) is 23.7 Å². The summed E-state index contributed by atoms with van der Waals surface area (Å²) in [6.07, 6.45) is 61.1. The molecule has 612 valence electrons. The van der Waals surface area contributed by atoms with Crippen molar-refractivity contribution in [1.82, 2.24) is 0 Å². The van der Waals surface area contributed by atoms with Crippen molar-refractivity contribution in [3.63, 3.8) is 0 Å². The number of phosphoric ester groups is 2. The van der Waals surface area contributed by atoms with Gasteiger partial charge in [0.15, 0.2) is 12.2 Å². The standard InChI is InChI=1S/C84H164O17P2/c1-9-76(7)62-54-46-38-32-28-29-35-41-51-59-67-84(89)100-79(70-94-81(86)64-56-48-39-33-26-22-19-15-17-21-25-31-37-45-53-61-75(5)6)72-98-102(90,91)96-68-78(85)69-97-103(92,93)99-73-80(71-95-82(87)65-57-49-43-42-47-55-63-77(8)10-2)101-83(88)66-58-50-40-34-27-23-18-14-12-11-13-16-20-24-30-36-44-52-60-74(3)4/h74-80,85H,9-73H2,1-8H3,(H,90,91)(H,92,93)/t76?,77?,78-,79-,80-/m1/s1. The molecule has 0 aliphatic heterocycles. The predicted octanol–water partition coefficient (Wildman–Crippen LogP) is 25.2. The van der Waals surface area contributed by atoms with Crippen LogP contribution in [-0.2, 0) is 65.4 Å². The Bertz CT molecular complexity index is 2010. The topological polar surface area (TPSA) is 237 Å². The zero-order valence-electron chi connectivity index (χ0n) is 68.0. The third kappa shape index (κ3) is 75.3. The maximum Gasteiger partial charge on any atom is 0.472 e. The molecule has 0 fully saturated rings. The van der Waals surface area contributed by atoms with E-state index < -0.39 is 97.5 Å². The summed E-state index contributed by atoms with van der Waals surface area (Å²) >= 11 is 0. The molecule has 0 bridgehead atoms. The first kappa shape index (κ1) is 101. The minimum absolute atomic E-state index is 0.106. The van der Waals surface area contributed by atoms with Gasteiger partial charge in [-0.2, -0.15) is 0 Å². The maximum absolute atomic E-state index is 13.1. The molecule has 0 rings (SSSR count). The molecular formula is C84H164O17P2. The monoisotopic (exact) mass is 1510 g/mol. The Labute approximate surface area is 632 Å². The highest BCUT2D eigenvalue weighted by atomic mass is 31.2. The number of hydrogen-bond acceptors (Lipinski definition) is 15. The lowest BCUT2D eigenvalue weighted by molar-refractivity contribution is -0.161. The van der Waals surface area contributed by atoms with Crippen molar-refractivity contribution in [2.45, 2.75) is 453 Å². The van der Waals surface area contributed by atoms with Crippen LogP contribution in [0.2, 0.25) is 0 Å². The average molecular weight is 1510 g/mol. The van der Waals surface area contributed by atoms with E-state index in [4.69, 9.17) is 37.0 Å². The van der Waals surface area contributed by atoms with Crippen LogP contribution >= 0.6 is 15.6 Å². The summed E-state index contributed by atoms with van der Waals surface area (Å²) in [5.41, 5.74) is 0. The van der Waals surface area contributed by atoms with Crippen molar-refractivity contribution >= 4 is 39.5 Å². The van der Waals surface area contributed by atoms with Gasteiger partial charge in [0.05, 0.1) is 26.4 Å². The summed E-state index contributed by atoms with van der Waals surface area (Å²) in [5, 5.41) is 10.7. The van der Waals surface area contributed by atoms with E-state index in [9.17, 15) is 43.2 Å². The molecule has 0 spiro atoms. The fraction of sp³-hybridized carbons (Fsp3) is 0.952. The number of carbonyl (C=O) groups is 4. The molecule has 4 unspecified atom stereocenters. The Morgan fingerprint density at radius 2 is 0.466 bits per heavy atom. The van der Waals surface area contributed by atoms with E-state index in [0.29, 0.717) is 25.7 Å². The molecule has 0 radical (unpaired) electrons. The number of esters is 4. The van der Waals surface area contributed by atoms with Crippen molar-refractivity contribution in [1.29, 1.82) is 0 Å². The Kier molecular flexibility index (Phi) is 71.5. The summed E-state index contributed by atoms with van der Waals surface area (Å²) in [7, 11) is -9.93. The molecule has 19 heteroatoms. The van der Waals surface area contributed by atoms with E-state index in [1.54, 1.807) is 0 Å². The number of hydrogen-bond donors (Lipinski definition) is 3. The third-order valence-electron chi connectivity index (χ3n) is 20.3. The molecule has 7 atom stereocenters. The van der Waals surface area contributed by atoms with E-state index in [1.807, 2.05) is 0 Å². The quantitative estimate of drug-likeness (QED) is 0.0222. The van der Waals surface area contributed by atoms with Crippen molar-refractivity contribution < 1.29 is 80.2 Å². The van der Waals surface area contributed by atoms with Crippen molar-refractivity contribution in [2.24, 2.45) is 23.7 Å². The molecule has 0 amide bonds. The van der Waals surface area contributed by atoms with E-state index in [0.717, 1.165) is 120 Å². The summed E-state index contributed by atoms with van der Waals surface area (Å²) in [6.45, 7) is 14.3. The van der Waals surface area contributed by atoms with Crippen molar-refractivity contribution in [2.75, 3.05) is 39.6 Å². The van der Waals surface area contributed by atoms with E-state index in [2.05, 4.69) is 55.4 Å². The van der Waals surface area contributed by atoms with Crippen LogP contribution in [0.1, 0.15) is 434 Å². The van der Waals surface area contributed by atoms with Crippen LogP contribution in [0.3, 0.4) is 0 Å². The Hall–Kier alpha value is -1.94. The number of phosphoric acid groups is 2. The van der Waals surface area contributed by atoms with Crippen molar-refractivity contribution in [3.8, 4) is 0 Å². The van der Waals surface area contributed by atoms with Crippen LogP contribution in [0.15, 0.2) is 0 Å². The fourth-order valence-electron chi connectivity index (χ4n) is 12.9. The number of carbonyl (C=O) groups excluding carboxylic acids is 4. The van der Waals surface area contributed by atoms with Gasteiger partial charge in [0.2, 0.25) is 0 Å². The van der Waals surface area contributed by atoms with E-state index >= 15 is 0 Å². The van der Waals surface area contributed by atoms with Crippen LogP contribution < -0.4 is 0 Å². The zero-order chi connectivity index (χ0) is 76.0. The molecule has 0 aromatic carbocycles. The second-order valence-corrected chi connectivity index (χ2v) is 34.6. The molecule has 0 saturated heterocycles. The molecule has 0 aromatic heterocycles. The second-order valence-electron chi connectivity index (χ2n) is 31.7. The lowest BCUT2D eigenvalue weighted by atomic mass is 9.99. The first-order chi connectivity index (χ1) is 49.7. The van der Waals surface area contributed by atoms with Gasteiger partial charge >= 0.3 is 39.5 Å². The molecule has 103 heavy (non-hydrogen) atoms. The van der Waals surface area contributed by atoms with E-state index in [-0.39, 0.29) is 25.7 Å². The van der Waals surface area contributed by atoms with E-state index in [1.165, 1.54) is 231 Å². The van der Waals surface area contributed by atoms with Gasteiger partial charge < -0.3 is 33.8 Å². The van der Waals surface area contributed by atoms with Gasteiger partial charge in [-0.15, -0.1) is 0 Å². The molecule has 3 N–H and O–H groups in total. The van der Waals surface area contributed by atoms with Gasteiger partial charge in [0.25, 0.3) is 0 Å². The average Bonchev–Trinajstić information content (AvgIpc) is 0.907. The van der Waals surface area contributed by atoms with Crippen molar-refractivity contribution in [3.05, 3.63) is 0 Å². The van der Waals surface area contributed by atoms with Gasteiger partial charge in [-0.05, 0) is 49.4 Å². The largest absolute Gasteiger partial charge is 0.472 e. The molecule has 0 aromatic rings. The molecule has 17 nitrogen and oxygen atoms in total. The molecular weight excluding hydrogens is 1340 g/mol. The first-order valence-electron chi connectivity index (χ1n) is 43.3. The zero-order valence-corrected chi connectivity index (χ0v) is 69.7. The highest BCUT2D eigenvalue weighted by Gasteiger charge is 2.30. The van der Waals surface area contributed by atoms with Crippen LogP contribution in [-0.4, -0.2) is 96.7 Å². The first-order valence-corrected chi connectivity index (χ1v) is 46.3. The Morgan fingerprint density at radius 3 is 0.689 bits per heavy atom. The number of aliphatic hydroxyl groups excluding tert-OH is 1. The summed E-state index contributed by atoms with van der Waals surface area (Å²) in [6, 6.07) is 0. The molecule has 0 aliphatic carbocycles. The lowest BCUT2D eigenvalue weighted by Gasteiger charge is -2.21. The SMILES string of the molecule is CCC(C)CCCCCCCCCCCCC(=O)O[C@H](COC(=O)CCCCCCCCCCCCCCCCCC(C)C)COP(=O)(O)OC[C@@H](O)COP(=O)(O)OC[C@@H](COC(=O)CCCCCCCCC(C)CC)OC(=O)CCCCCCCCCCCCCCCCCCCCC(C)C.